The fourth-order valence-corrected chi connectivity index (χ4v) is 3.20. The number of carbonyl (C=O) groups is 2. The molecule has 146 valence electrons. The Morgan fingerprint density at radius 2 is 1.96 bits per heavy atom. The minimum atomic E-state index is -1.02. The number of halogens is 2. The van der Waals surface area contributed by atoms with Gasteiger partial charge in [-0.3, -0.25) is 4.79 Å². The molecule has 28 heavy (non-hydrogen) atoms. The first-order chi connectivity index (χ1) is 13.4. The molecule has 0 bridgehead atoms. The SMILES string of the molecule is C=C(C[C@@H](CO)C(=O)N1C(=O)OC[C@@H]1c1ccccc1)c1ccc(F)cc1F. The molecule has 3 rings (SSSR count). The highest BCUT2D eigenvalue weighted by Crippen LogP contribution is 2.32. The summed E-state index contributed by atoms with van der Waals surface area (Å²) in [6, 6.07) is 11.3. The van der Waals surface area contributed by atoms with Gasteiger partial charge in [-0.05, 0) is 29.7 Å². The maximum absolute atomic E-state index is 14.0. The van der Waals surface area contributed by atoms with Gasteiger partial charge in [0, 0.05) is 11.6 Å². The second-order valence-electron chi connectivity index (χ2n) is 6.52. The third-order valence-corrected chi connectivity index (χ3v) is 4.67. The lowest BCUT2D eigenvalue weighted by Crippen LogP contribution is -2.40. The number of allylic oxidation sites excluding steroid dienone is 1. The molecule has 1 fully saturated rings. The zero-order chi connectivity index (χ0) is 20.3. The summed E-state index contributed by atoms with van der Waals surface area (Å²) in [5, 5.41) is 9.71. The highest BCUT2D eigenvalue weighted by Gasteiger charge is 2.41. The number of aliphatic hydroxyl groups is 1. The van der Waals surface area contributed by atoms with Crippen LogP contribution >= 0.6 is 0 Å². The van der Waals surface area contributed by atoms with Gasteiger partial charge in [0.15, 0.2) is 0 Å². The fraction of sp³-hybridized carbons (Fsp3) is 0.238. The molecule has 2 aromatic carbocycles. The van der Waals surface area contributed by atoms with Crippen molar-refractivity contribution in [1.29, 1.82) is 0 Å². The smallest absolute Gasteiger partial charge is 0.417 e. The van der Waals surface area contributed by atoms with E-state index in [-0.39, 0.29) is 24.2 Å². The number of aliphatic hydroxyl groups excluding tert-OH is 1. The maximum Gasteiger partial charge on any atom is 0.417 e. The summed E-state index contributed by atoms with van der Waals surface area (Å²) < 4.78 is 32.1. The summed E-state index contributed by atoms with van der Waals surface area (Å²) >= 11 is 0. The van der Waals surface area contributed by atoms with Crippen LogP contribution in [-0.4, -0.2) is 35.2 Å². The van der Waals surface area contributed by atoms with Crippen LogP contribution < -0.4 is 0 Å². The molecule has 0 unspecified atom stereocenters. The number of amides is 2. The number of rotatable bonds is 6. The molecular formula is C21H19F2NO4. The summed E-state index contributed by atoms with van der Waals surface area (Å²) in [6.07, 6.45) is -0.890. The Morgan fingerprint density at radius 1 is 1.25 bits per heavy atom. The van der Waals surface area contributed by atoms with Crippen LogP contribution in [0, 0.1) is 17.6 Å². The summed E-state index contributed by atoms with van der Waals surface area (Å²) in [4.78, 5) is 26.1. The van der Waals surface area contributed by atoms with Crippen molar-refractivity contribution in [3.63, 3.8) is 0 Å². The molecule has 2 atom stereocenters. The second-order valence-corrected chi connectivity index (χ2v) is 6.52. The lowest BCUT2D eigenvalue weighted by atomic mass is 9.93. The molecule has 0 spiro atoms. The Kier molecular flexibility index (Phi) is 5.84. The van der Waals surface area contributed by atoms with Crippen LogP contribution in [0.2, 0.25) is 0 Å². The van der Waals surface area contributed by atoms with Crippen molar-refractivity contribution < 1.29 is 28.2 Å². The first-order valence-electron chi connectivity index (χ1n) is 8.71. The standard InChI is InChI=1S/C21H19F2NO4/c1-13(17-8-7-16(22)10-18(17)23)9-15(11-25)20(26)24-19(12-28-21(24)27)14-5-3-2-4-6-14/h2-8,10,15,19,25H,1,9,11-12H2/t15-,19+/m0/s1. The van der Waals surface area contributed by atoms with Gasteiger partial charge in [-0.25, -0.2) is 18.5 Å². The van der Waals surface area contributed by atoms with E-state index in [0.29, 0.717) is 0 Å². The van der Waals surface area contributed by atoms with Gasteiger partial charge in [-0.2, -0.15) is 0 Å². The van der Waals surface area contributed by atoms with Gasteiger partial charge >= 0.3 is 6.09 Å². The minimum Gasteiger partial charge on any atom is -0.446 e. The molecule has 0 radical (unpaired) electrons. The van der Waals surface area contributed by atoms with Gasteiger partial charge in [0.05, 0.1) is 12.5 Å². The van der Waals surface area contributed by atoms with E-state index in [2.05, 4.69) is 6.58 Å². The van der Waals surface area contributed by atoms with Crippen LogP contribution in [0.4, 0.5) is 13.6 Å². The van der Waals surface area contributed by atoms with Crippen molar-refractivity contribution in [2.75, 3.05) is 13.2 Å². The number of benzene rings is 2. The van der Waals surface area contributed by atoms with E-state index < -0.39 is 42.2 Å². The van der Waals surface area contributed by atoms with Gasteiger partial charge in [-0.1, -0.05) is 36.9 Å². The first kappa shape index (κ1) is 19.7. The van der Waals surface area contributed by atoms with Crippen LogP contribution in [0.25, 0.3) is 5.57 Å². The normalized spacial score (nSPS) is 17.3. The molecule has 2 aromatic rings. The van der Waals surface area contributed by atoms with Crippen LogP contribution in [0.3, 0.4) is 0 Å². The number of imide groups is 1. The average Bonchev–Trinajstić information content (AvgIpc) is 3.07. The number of cyclic esters (lactones) is 1. The molecule has 1 N–H and O–H groups in total. The van der Waals surface area contributed by atoms with E-state index in [1.165, 1.54) is 6.07 Å². The van der Waals surface area contributed by atoms with Gasteiger partial charge in [0.2, 0.25) is 5.91 Å². The lowest BCUT2D eigenvalue weighted by molar-refractivity contribution is -0.134. The van der Waals surface area contributed by atoms with Crippen molar-refractivity contribution in [2.45, 2.75) is 12.5 Å². The average molecular weight is 387 g/mol. The van der Waals surface area contributed by atoms with E-state index in [1.54, 1.807) is 24.3 Å². The monoisotopic (exact) mass is 387 g/mol. The van der Waals surface area contributed by atoms with E-state index >= 15 is 0 Å². The molecule has 5 nitrogen and oxygen atoms in total. The van der Waals surface area contributed by atoms with E-state index in [0.717, 1.165) is 22.6 Å². The third-order valence-electron chi connectivity index (χ3n) is 4.67. The predicted octanol–water partition coefficient (Wildman–Crippen LogP) is 3.70. The number of ether oxygens (including phenoxy) is 1. The quantitative estimate of drug-likeness (QED) is 0.821. The summed E-state index contributed by atoms with van der Waals surface area (Å²) in [6.45, 7) is 3.20. The molecule has 2 amide bonds. The zero-order valence-electron chi connectivity index (χ0n) is 15.0. The molecule has 7 heteroatoms. The van der Waals surface area contributed by atoms with E-state index in [9.17, 15) is 23.5 Å². The number of carbonyl (C=O) groups excluding carboxylic acids is 2. The molecule has 0 aromatic heterocycles. The molecule has 1 saturated heterocycles. The maximum atomic E-state index is 14.0. The van der Waals surface area contributed by atoms with Crippen LogP contribution in [0.1, 0.15) is 23.6 Å². The van der Waals surface area contributed by atoms with Crippen molar-refractivity contribution in [1.82, 2.24) is 4.90 Å². The Morgan fingerprint density at radius 3 is 2.61 bits per heavy atom. The van der Waals surface area contributed by atoms with E-state index in [4.69, 9.17) is 4.74 Å². The Balaban J connectivity index is 1.80. The largest absolute Gasteiger partial charge is 0.446 e. The topological polar surface area (TPSA) is 66.8 Å². The van der Waals surface area contributed by atoms with Crippen LogP contribution in [0.5, 0.6) is 0 Å². The van der Waals surface area contributed by atoms with Crippen molar-refractivity contribution in [3.8, 4) is 0 Å². The third kappa shape index (κ3) is 3.94. The molecule has 0 aliphatic carbocycles. The number of hydrogen-bond donors (Lipinski definition) is 1. The summed E-state index contributed by atoms with van der Waals surface area (Å²) in [5.74, 6) is -3.19. The summed E-state index contributed by atoms with van der Waals surface area (Å²) in [7, 11) is 0. The molecule has 1 heterocycles. The van der Waals surface area contributed by atoms with Crippen molar-refractivity contribution >= 4 is 17.6 Å². The van der Waals surface area contributed by atoms with Crippen molar-refractivity contribution in [2.24, 2.45) is 5.92 Å². The van der Waals surface area contributed by atoms with E-state index in [1.807, 2.05) is 6.07 Å². The van der Waals surface area contributed by atoms with Crippen LogP contribution in [0.15, 0.2) is 55.1 Å². The first-order valence-corrected chi connectivity index (χ1v) is 8.71. The molecule has 0 saturated carbocycles. The van der Waals surface area contributed by atoms with Gasteiger partial charge in [0.25, 0.3) is 0 Å². The fourth-order valence-electron chi connectivity index (χ4n) is 3.20. The molecule has 1 aliphatic heterocycles. The Labute approximate surface area is 160 Å². The number of nitrogens with zero attached hydrogens (tertiary/aromatic N) is 1. The Bertz CT molecular complexity index is 901. The van der Waals surface area contributed by atoms with Gasteiger partial charge in [-0.15, -0.1) is 0 Å². The number of hydrogen-bond acceptors (Lipinski definition) is 4. The lowest BCUT2D eigenvalue weighted by Gasteiger charge is -2.24. The highest BCUT2D eigenvalue weighted by atomic mass is 19.1. The van der Waals surface area contributed by atoms with Gasteiger partial charge < -0.3 is 9.84 Å². The summed E-state index contributed by atoms with van der Waals surface area (Å²) in [5.41, 5.74) is 0.992. The Hall–Kier alpha value is -3.06. The zero-order valence-corrected chi connectivity index (χ0v) is 15.0. The molecular weight excluding hydrogens is 368 g/mol. The molecule has 1 aliphatic rings. The highest BCUT2D eigenvalue weighted by molar-refractivity contribution is 5.95. The van der Waals surface area contributed by atoms with Gasteiger partial charge in [0.1, 0.15) is 24.3 Å². The van der Waals surface area contributed by atoms with Crippen molar-refractivity contribution in [3.05, 3.63) is 77.9 Å². The predicted molar refractivity (Wildman–Crippen MR) is 98.0 cm³/mol. The van der Waals surface area contributed by atoms with Crippen LogP contribution in [-0.2, 0) is 9.53 Å². The minimum absolute atomic E-state index is 0.0142. The second kappa shape index (κ2) is 8.31.